The fraction of sp³-hybridized carbons (Fsp3) is 0.357. The first-order valence-corrected chi connectivity index (χ1v) is 14.9. The number of nitrogens with zero attached hydrogens (tertiary/aromatic N) is 5. The van der Waals surface area contributed by atoms with E-state index in [1.165, 1.54) is 18.5 Å². The number of rotatable bonds is 4. The molecule has 5 heterocycles. The van der Waals surface area contributed by atoms with Crippen LogP contribution in [0, 0.1) is 5.82 Å². The molecular weight excluding hydrogens is 537 g/mol. The fourth-order valence-corrected chi connectivity index (χ4v) is 6.35. The molecular formula is C28H30FN5O5S. The zero-order valence-corrected chi connectivity index (χ0v) is 23.2. The molecule has 1 saturated heterocycles. The summed E-state index contributed by atoms with van der Waals surface area (Å²) in [5.41, 5.74) is 3.40. The maximum absolute atomic E-state index is 13.7. The number of hydrogen-bond acceptors (Lipinski definition) is 8. The first-order valence-electron chi connectivity index (χ1n) is 13.0. The molecule has 0 atom stereocenters. The third-order valence-corrected chi connectivity index (χ3v) is 8.74. The lowest BCUT2D eigenvalue weighted by atomic mass is 10.0. The van der Waals surface area contributed by atoms with Crippen LogP contribution in [0.3, 0.4) is 0 Å². The highest BCUT2D eigenvalue weighted by atomic mass is 32.3. The zero-order chi connectivity index (χ0) is 28.2. The number of amides is 1. The van der Waals surface area contributed by atoms with E-state index in [4.69, 9.17) is 14.3 Å². The predicted molar refractivity (Wildman–Crippen MR) is 150 cm³/mol. The van der Waals surface area contributed by atoms with Crippen LogP contribution in [0.4, 0.5) is 9.18 Å². The standard InChI is InChI=1S/C28H30FN5O5S/c1-28(2,3)39-27(35)33-10-8-17(9-11-33)23-12-21-25(30-16-31-26(21)38-23)22-13-34(20-14-40(36,37)15-20)32-24(22)18-4-6-19(29)7-5-18/h4-8,12-13,16,20,36-37H,9-11,14-15H2,1-3H3. The predicted octanol–water partition coefficient (Wildman–Crippen LogP) is 6.22. The van der Waals surface area contributed by atoms with Crippen LogP contribution in [-0.2, 0) is 4.74 Å². The molecule has 3 aromatic heterocycles. The zero-order valence-electron chi connectivity index (χ0n) is 22.4. The van der Waals surface area contributed by atoms with E-state index in [0.717, 1.165) is 5.57 Å². The van der Waals surface area contributed by atoms with E-state index in [1.807, 2.05) is 39.1 Å². The van der Waals surface area contributed by atoms with Crippen molar-refractivity contribution < 1.29 is 27.4 Å². The minimum atomic E-state index is -2.57. The summed E-state index contributed by atoms with van der Waals surface area (Å²) in [7, 11) is -2.57. The monoisotopic (exact) mass is 567 g/mol. The topological polar surface area (TPSA) is 127 Å². The Hall–Kier alpha value is -3.74. The number of aromatic nitrogens is 4. The average molecular weight is 568 g/mol. The van der Waals surface area contributed by atoms with Crippen LogP contribution < -0.4 is 0 Å². The molecule has 2 aliphatic rings. The van der Waals surface area contributed by atoms with Crippen LogP contribution in [0.15, 0.2) is 53.3 Å². The third kappa shape index (κ3) is 5.21. The molecule has 40 heavy (non-hydrogen) atoms. The normalized spacial score (nSPS) is 18.4. The van der Waals surface area contributed by atoms with E-state index < -0.39 is 16.2 Å². The van der Waals surface area contributed by atoms with Crippen LogP contribution in [0.25, 0.3) is 39.2 Å². The second kappa shape index (κ2) is 9.72. The van der Waals surface area contributed by atoms with Crippen molar-refractivity contribution in [2.75, 3.05) is 24.6 Å². The highest BCUT2D eigenvalue weighted by Gasteiger charge is 2.36. The second-order valence-corrected chi connectivity index (χ2v) is 13.4. The van der Waals surface area contributed by atoms with Gasteiger partial charge in [-0.15, -0.1) is 0 Å². The van der Waals surface area contributed by atoms with Crippen LogP contribution >= 0.6 is 10.6 Å². The summed E-state index contributed by atoms with van der Waals surface area (Å²) in [6.07, 6.45) is 5.46. The highest BCUT2D eigenvalue weighted by Crippen LogP contribution is 2.54. The lowest BCUT2D eigenvalue weighted by molar-refractivity contribution is 0.0270. The first-order chi connectivity index (χ1) is 19.0. The largest absolute Gasteiger partial charge is 0.444 e. The molecule has 0 bridgehead atoms. The van der Waals surface area contributed by atoms with Crippen LogP contribution in [0.1, 0.15) is 39.0 Å². The summed E-state index contributed by atoms with van der Waals surface area (Å²) in [6, 6.07) is 7.80. The van der Waals surface area contributed by atoms with Crippen molar-refractivity contribution in [1.82, 2.24) is 24.6 Å². The van der Waals surface area contributed by atoms with Gasteiger partial charge in [0, 0.05) is 30.4 Å². The van der Waals surface area contributed by atoms with Gasteiger partial charge in [0.15, 0.2) is 0 Å². The molecule has 0 aliphatic carbocycles. The van der Waals surface area contributed by atoms with Gasteiger partial charge in [-0.25, -0.2) is 19.2 Å². The molecule has 2 aliphatic heterocycles. The fourth-order valence-electron chi connectivity index (χ4n) is 4.91. The summed E-state index contributed by atoms with van der Waals surface area (Å²) < 4.78 is 46.9. The average Bonchev–Trinajstić information content (AvgIpc) is 3.52. The lowest BCUT2D eigenvalue weighted by Gasteiger charge is -2.46. The van der Waals surface area contributed by atoms with Crippen LogP contribution in [0.2, 0.25) is 0 Å². The third-order valence-electron chi connectivity index (χ3n) is 6.90. The molecule has 0 radical (unpaired) electrons. The van der Waals surface area contributed by atoms with Crippen LogP contribution in [0.5, 0.6) is 0 Å². The Bertz CT molecular complexity index is 1610. The Balaban J connectivity index is 1.35. The summed E-state index contributed by atoms with van der Waals surface area (Å²) >= 11 is 0. The maximum atomic E-state index is 13.7. The lowest BCUT2D eigenvalue weighted by Crippen LogP contribution is -2.39. The molecule has 12 heteroatoms. The number of hydrogen-bond donors (Lipinski definition) is 2. The highest BCUT2D eigenvalue weighted by molar-refractivity contribution is 8.25. The number of furan rings is 1. The van der Waals surface area contributed by atoms with Gasteiger partial charge in [0.2, 0.25) is 5.71 Å². The van der Waals surface area contributed by atoms with E-state index in [1.54, 1.807) is 21.7 Å². The number of ether oxygens (including phenoxy) is 1. The first kappa shape index (κ1) is 26.5. The summed E-state index contributed by atoms with van der Waals surface area (Å²) in [5.74, 6) is 0.762. The smallest absolute Gasteiger partial charge is 0.410 e. The van der Waals surface area contributed by atoms with Crippen molar-refractivity contribution in [1.29, 1.82) is 0 Å². The summed E-state index contributed by atoms with van der Waals surface area (Å²) in [4.78, 5) is 23.0. The van der Waals surface area contributed by atoms with Gasteiger partial charge >= 0.3 is 6.09 Å². The molecule has 10 nitrogen and oxygen atoms in total. The summed E-state index contributed by atoms with van der Waals surface area (Å²) in [5, 5.41) is 5.45. The molecule has 4 aromatic rings. The van der Waals surface area contributed by atoms with Gasteiger partial charge < -0.3 is 14.1 Å². The Morgan fingerprint density at radius 2 is 1.90 bits per heavy atom. The van der Waals surface area contributed by atoms with E-state index in [9.17, 15) is 18.3 Å². The van der Waals surface area contributed by atoms with Crippen molar-refractivity contribution in [2.24, 2.45) is 0 Å². The quantitative estimate of drug-likeness (QED) is 0.298. The Labute approximate surface area is 231 Å². The number of carbonyl (C=O) groups excluding carboxylic acids is 1. The van der Waals surface area contributed by atoms with Gasteiger partial charge in [-0.1, -0.05) is 6.08 Å². The molecule has 2 N–H and O–H groups in total. The molecule has 6 rings (SSSR count). The van der Waals surface area contributed by atoms with Crippen molar-refractivity contribution in [3.63, 3.8) is 0 Å². The van der Waals surface area contributed by atoms with Gasteiger partial charge in [0.1, 0.15) is 29.2 Å². The van der Waals surface area contributed by atoms with Crippen molar-refractivity contribution in [3.05, 3.63) is 60.5 Å². The minimum Gasteiger partial charge on any atom is -0.444 e. The van der Waals surface area contributed by atoms with Gasteiger partial charge in [-0.05, 0) is 63.1 Å². The number of fused-ring (bicyclic) bond motifs is 1. The SMILES string of the molecule is CC(C)(C)OC(=O)N1CC=C(c2cc3c(-c4cn(C5CS(O)(O)C5)nc4-c4ccc(F)cc4)ncnc3o2)CC1. The minimum absolute atomic E-state index is 0.157. The van der Waals surface area contributed by atoms with E-state index in [0.29, 0.717) is 58.9 Å². The molecule has 0 saturated carbocycles. The van der Waals surface area contributed by atoms with Crippen LogP contribution in [-0.4, -0.2) is 70.0 Å². The number of carbonyl (C=O) groups is 1. The Kier molecular flexibility index (Phi) is 6.43. The van der Waals surface area contributed by atoms with Gasteiger partial charge in [0.05, 0.1) is 28.6 Å². The van der Waals surface area contributed by atoms with E-state index in [2.05, 4.69) is 9.97 Å². The van der Waals surface area contributed by atoms with E-state index >= 15 is 0 Å². The number of halogens is 1. The number of benzene rings is 1. The molecule has 1 amide bonds. The molecule has 0 spiro atoms. The van der Waals surface area contributed by atoms with Crippen molar-refractivity contribution in [3.8, 4) is 22.5 Å². The Morgan fingerprint density at radius 1 is 1.15 bits per heavy atom. The molecule has 210 valence electrons. The molecule has 1 aromatic carbocycles. The molecule has 1 fully saturated rings. The van der Waals surface area contributed by atoms with Crippen molar-refractivity contribution >= 4 is 33.4 Å². The second-order valence-electron chi connectivity index (χ2n) is 11.1. The Morgan fingerprint density at radius 3 is 2.55 bits per heavy atom. The maximum Gasteiger partial charge on any atom is 0.410 e. The summed E-state index contributed by atoms with van der Waals surface area (Å²) in [6.45, 7) is 6.43. The van der Waals surface area contributed by atoms with Gasteiger partial charge in [-0.2, -0.15) is 15.7 Å². The van der Waals surface area contributed by atoms with Gasteiger partial charge in [0.25, 0.3) is 0 Å². The van der Waals surface area contributed by atoms with E-state index in [-0.39, 0.29) is 29.5 Å². The molecule has 0 unspecified atom stereocenters. The van der Waals surface area contributed by atoms with Crippen molar-refractivity contribution in [2.45, 2.75) is 38.8 Å². The van der Waals surface area contributed by atoms with Gasteiger partial charge in [-0.3, -0.25) is 13.8 Å².